The first-order valence-corrected chi connectivity index (χ1v) is 6.19. The molecule has 0 saturated carbocycles. The number of thioether (sulfide) groups is 1. The fourth-order valence-corrected chi connectivity index (χ4v) is 2.40. The van der Waals surface area contributed by atoms with Gasteiger partial charge in [0.1, 0.15) is 5.25 Å². The van der Waals surface area contributed by atoms with Gasteiger partial charge in [-0.05, 0) is 12.3 Å². The van der Waals surface area contributed by atoms with Crippen molar-refractivity contribution in [3.8, 4) is 0 Å². The lowest BCUT2D eigenvalue weighted by molar-refractivity contribution is -0.137. The van der Waals surface area contributed by atoms with E-state index in [-0.39, 0.29) is 17.6 Å². The summed E-state index contributed by atoms with van der Waals surface area (Å²) in [4.78, 5) is 24.1. The van der Waals surface area contributed by atoms with Gasteiger partial charge in [-0.3, -0.25) is 9.59 Å². The van der Waals surface area contributed by atoms with Crippen molar-refractivity contribution in [1.29, 1.82) is 0 Å². The second-order valence-electron chi connectivity index (χ2n) is 4.05. The minimum atomic E-state index is -0.827. The number of carboxylic acid groups (broad SMARTS) is 1. The summed E-state index contributed by atoms with van der Waals surface area (Å²) in [7, 11) is 0. The van der Waals surface area contributed by atoms with Crippen LogP contribution in [0.3, 0.4) is 0 Å². The second-order valence-corrected chi connectivity index (χ2v) is 5.18. The SMILES string of the molecule is CC(C)C(SCC(=O)N1CCC1)C(=O)O. The molecule has 15 heavy (non-hydrogen) atoms. The van der Waals surface area contributed by atoms with E-state index in [0.717, 1.165) is 19.5 Å². The van der Waals surface area contributed by atoms with E-state index in [2.05, 4.69) is 0 Å². The highest BCUT2D eigenvalue weighted by Gasteiger charge is 2.26. The molecule has 1 N–H and O–H groups in total. The zero-order valence-corrected chi connectivity index (χ0v) is 9.92. The van der Waals surface area contributed by atoms with E-state index >= 15 is 0 Å². The lowest BCUT2D eigenvalue weighted by Gasteiger charge is -2.31. The van der Waals surface area contributed by atoms with E-state index in [4.69, 9.17) is 5.11 Å². The molecule has 1 aliphatic heterocycles. The third-order valence-corrected chi connectivity index (χ3v) is 3.96. The maximum absolute atomic E-state index is 11.5. The summed E-state index contributed by atoms with van der Waals surface area (Å²) in [5, 5.41) is 8.44. The molecular formula is C10H17NO3S. The van der Waals surface area contributed by atoms with E-state index in [1.165, 1.54) is 11.8 Å². The van der Waals surface area contributed by atoms with Crippen LogP contribution in [-0.2, 0) is 9.59 Å². The Labute approximate surface area is 94.0 Å². The number of likely N-dealkylation sites (tertiary alicyclic amines) is 1. The predicted molar refractivity (Wildman–Crippen MR) is 59.9 cm³/mol. The topological polar surface area (TPSA) is 57.6 Å². The standard InChI is InChI=1S/C10H17NO3S/c1-7(2)9(10(13)14)15-6-8(12)11-4-3-5-11/h7,9H,3-6H2,1-2H3,(H,13,14). The summed E-state index contributed by atoms with van der Waals surface area (Å²) in [6.45, 7) is 5.39. The van der Waals surface area contributed by atoms with Crippen molar-refractivity contribution < 1.29 is 14.7 Å². The molecule has 1 saturated heterocycles. The summed E-state index contributed by atoms with van der Waals surface area (Å²) in [6.07, 6.45) is 1.07. The average molecular weight is 231 g/mol. The number of carbonyl (C=O) groups excluding carboxylic acids is 1. The van der Waals surface area contributed by atoms with Gasteiger partial charge < -0.3 is 10.0 Å². The van der Waals surface area contributed by atoms with Crippen molar-refractivity contribution in [2.75, 3.05) is 18.8 Å². The molecule has 1 aliphatic rings. The number of rotatable bonds is 5. The molecule has 0 aromatic carbocycles. The first-order chi connectivity index (χ1) is 7.02. The molecule has 86 valence electrons. The Morgan fingerprint density at radius 2 is 2.00 bits per heavy atom. The number of carbonyl (C=O) groups is 2. The highest BCUT2D eigenvalue weighted by molar-refractivity contribution is 8.01. The molecule has 1 fully saturated rings. The number of amides is 1. The molecule has 1 rings (SSSR count). The first-order valence-electron chi connectivity index (χ1n) is 5.14. The zero-order chi connectivity index (χ0) is 11.4. The largest absolute Gasteiger partial charge is 0.480 e. The summed E-state index contributed by atoms with van der Waals surface area (Å²) in [5.41, 5.74) is 0. The predicted octanol–water partition coefficient (Wildman–Crippen LogP) is 1.06. The van der Waals surface area contributed by atoms with Crippen molar-refractivity contribution in [1.82, 2.24) is 4.90 Å². The molecule has 0 aromatic heterocycles. The van der Waals surface area contributed by atoms with Crippen molar-refractivity contribution in [2.24, 2.45) is 5.92 Å². The monoisotopic (exact) mass is 231 g/mol. The van der Waals surface area contributed by atoms with E-state index in [1.54, 1.807) is 4.90 Å². The van der Waals surface area contributed by atoms with Gasteiger partial charge in [-0.2, -0.15) is 0 Å². The Balaban J connectivity index is 2.32. The molecular weight excluding hydrogens is 214 g/mol. The van der Waals surface area contributed by atoms with Gasteiger partial charge in [0, 0.05) is 13.1 Å². The summed E-state index contributed by atoms with van der Waals surface area (Å²) >= 11 is 1.23. The molecule has 1 amide bonds. The zero-order valence-electron chi connectivity index (χ0n) is 9.10. The Hall–Kier alpha value is -0.710. The molecule has 4 nitrogen and oxygen atoms in total. The third kappa shape index (κ3) is 3.41. The van der Waals surface area contributed by atoms with Gasteiger partial charge in [0.2, 0.25) is 5.91 Å². The van der Waals surface area contributed by atoms with Crippen LogP contribution in [0.5, 0.6) is 0 Å². The normalized spacial score (nSPS) is 17.4. The van der Waals surface area contributed by atoms with Crippen LogP contribution in [0.2, 0.25) is 0 Å². The lowest BCUT2D eigenvalue weighted by Crippen LogP contribution is -2.43. The van der Waals surface area contributed by atoms with E-state index in [0.29, 0.717) is 0 Å². The molecule has 0 radical (unpaired) electrons. The maximum atomic E-state index is 11.5. The number of nitrogens with zero attached hydrogens (tertiary/aromatic N) is 1. The number of hydrogen-bond donors (Lipinski definition) is 1. The molecule has 1 atom stereocenters. The van der Waals surface area contributed by atoms with E-state index < -0.39 is 11.2 Å². The third-order valence-electron chi connectivity index (χ3n) is 2.44. The second kappa shape index (κ2) is 5.39. The van der Waals surface area contributed by atoms with Crippen LogP contribution in [0, 0.1) is 5.92 Å². The Bertz CT molecular complexity index is 251. The van der Waals surface area contributed by atoms with Gasteiger partial charge in [0.05, 0.1) is 5.75 Å². The summed E-state index contributed by atoms with van der Waals surface area (Å²) in [6, 6.07) is 0. The Morgan fingerprint density at radius 1 is 1.40 bits per heavy atom. The Kier molecular flexibility index (Phi) is 4.45. The van der Waals surface area contributed by atoms with Crippen molar-refractivity contribution in [3.63, 3.8) is 0 Å². The summed E-state index contributed by atoms with van der Waals surface area (Å²) in [5.74, 6) is -0.420. The smallest absolute Gasteiger partial charge is 0.316 e. The van der Waals surface area contributed by atoms with Crippen LogP contribution in [-0.4, -0.2) is 46.0 Å². The van der Waals surface area contributed by atoms with Gasteiger partial charge in [-0.15, -0.1) is 11.8 Å². The van der Waals surface area contributed by atoms with E-state index in [1.807, 2.05) is 13.8 Å². The molecule has 0 spiro atoms. The van der Waals surface area contributed by atoms with Crippen LogP contribution >= 0.6 is 11.8 Å². The minimum absolute atomic E-state index is 0.0525. The summed E-state index contributed by atoms with van der Waals surface area (Å²) < 4.78 is 0. The van der Waals surface area contributed by atoms with Crippen LogP contribution < -0.4 is 0 Å². The minimum Gasteiger partial charge on any atom is -0.480 e. The van der Waals surface area contributed by atoms with Crippen molar-refractivity contribution in [3.05, 3.63) is 0 Å². The lowest BCUT2D eigenvalue weighted by atomic mass is 10.1. The van der Waals surface area contributed by atoms with Gasteiger partial charge in [0.15, 0.2) is 0 Å². The number of carboxylic acids is 1. The molecule has 1 heterocycles. The molecule has 0 aromatic rings. The fraction of sp³-hybridized carbons (Fsp3) is 0.800. The number of hydrogen-bond acceptors (Lipinski definition) is 3. The van der Waals surface area contributed by atoms with Crippen LogP contribution in [0.15, 0.2) is 0 Å². The number of aliphatic carboxylic acids is 1. The first kappa shape index (κ1) is 12.4. The molecule has 0 aliphatic carbocycles. The van der Waals surface area contributed by atoms with Crippen molar-refractivity contribution in [2.45, 2.75) is 25.5 Å². The van der Waals surface area contributed by atoms with Gasteiger partial charge in [0.25, 0.3) is 0 Å². The highest BCUT2D eigenvalue weighted by atomic mass is 32.2. The van der Waals surface area contributed by atoms with Crippen LogP contribution in [0.1, 0.15) is 20.3 Å². The van der Waals surface area contributed by atoms with E-state index in [9.17, 15) is 9.59 Å². The maximum Gasteiger partial charge on any atom is 0.316 e. The Morgan fingerprint density at radius 3 is 2.33 bits per heavy atom. The van der Waals surface area contributed by atoms with Crippen molar-refractivity contribution >= 4 is 23.6 Å². The van der Waals surface area contributed by atoms with Crippen LogP contribution in [0.25, 0.3) is 0 Å². The molecule has 1 unspecified atom stereocenters. The molecule has 5 heteroatoms. The van der Waals surface area contributed by atoms with Gasteiger partial charge >= 0.3 is 5.97 Å². The average Bonchev–Trinajstić information content (AvgIpc) is 1.99. The quantitative estimate of drug-likeness (QED) is 0.768. The van der Waals surface area contributed by atoms with Crippen LogP contribution in [0.4, 0.5) is 0 Å². The highest BCUT2D eigenvalue weighted by Crippen LogP contribution is 2.21. The molecule has 0 bridgehead atoms. The van der Waals surface area contributed by atoms with Gasteiger partial charge in [-0.25, -0.2) is 0 Å². The van der Waals surface area contributed by atoms with Gasteiger partial charge in [-0.1, -0.05) is 13.8 Å². The fourth-order valence-electron chi connectivity index (χ4n) is 1.37.